The van der Waals surface area contributed by atoms with E-state index < -0.39 is 0 Å². The van der Waals surface area contributed by atoms with Crippen LogP contribution in [-0.2, 0) is 5.41 Å². The number of fused-ring (bicyclic) bond motifs is 16. The molecule has 1 spiro atoms. The van der Waals surface area contributed by atoms with Crippen LogP contribution in [0.25, 0.3) is 49.2 Å². The van der Waals surface area contributed by atoms with Gasteiger partial charge in [-0.25, -0.2) is 0 Å². The first kappa shape index (κ1) is 27.9. The molecule has 6 aliphatic carbocycles. The Morgan fingerprint density at radius 2 is 1.38 bits per heavy atom. The number of aryl methyl sites for hydroxylation is 2. The quantitative estimate of drug-likeness (QED) is 0.175. The van der Waals surface area contributed by atoms with Crippen LogP contribution in [0.4, 0.5) is 0 Å². The molecule has 3 unspecified atom stereocenters. The maximum Gasteiger partial charge on any atom is 0.166 e. The van der Waals surface area contributed by atoms with Crippen LogP contribution >= 0.6 is 0 Å². The highest BCUT2D eigenvalue weighted by Crippen LogP contribution is 2.78. The minimum absolute atomic E-state index is 0.136. The van der Waals surface area contributed by atoms with E-state index in [1.807, 2.05) is 0 Å². The molecule has 2 heterocycles. The number of ketones is 1. The molecule has 1 saturated carbocycles. The van der Waals surface area contributed by atoms with Gasteiger partial charge in [-0.3, -0.25) is 4.79 Å². The first-order valence-corrected chi connectivity index (χ1v) is 19.1. The first-order chi connectivity index (χ1) is 25.5. The number of Topliss-reactive ketones (excluding diaryl/α,β-unsaturated/α-hetero) is 1. The fourth-order valence-electron chi connectivity index (χ4n) is 12.6. The zero-order chi connectivity index (χ0) is 34.4. The average molecular weight is 667 g/mol. The first-order valence-electron chi connectivity index (χ1n) is 19.1. The van der Waals surface area contributed by atoms with E-state index in [-0.39, 0.29) is 23.2 Å². The third-order valence-corrected chi connectivity index (χ3v) is 14.5. The van der Waals surface area contributed by atoms with Gasteiger partial charge in [0.25, 0.3) is 0 Å². The van der Waals surface area contributed by atoms with Crippen molar-refractivity contribution in [2.24, 2.45) is 5.92 Å². The lowest BCUT2D eigenvalue weighted by molar-refractivity contribution is 0.0898. The molecule has 0 saturated heterocycles. The summed E-state index contributed by atoms with van der Waals surface area (Å²) in [7, 11) is 0. The molecule has 3 nitrogen and oxygen atoms in total. The van der Waals surface area contributed by atoms with Crippen molar-refractivity contribution in [2.45, 2.75) is 62.7 Å². The SMILES string of the molecule is Cc1cccc(C)c1-c1cc2c3cc4c(cc3n3c5cc(C#N)c6c(c5c(c1)c23)C12c3ccccc3C1c1ccccc1C62)C(=O)C1CCC4CC1. The zero-order valence-corrected chi connectivity index (χ0v) is 29.2. The molecule has 1 fully saturated rings. The van der Waals surface area contributed by atoms with Gasteiger partial charge < -0.3 is 4.40 Å². The molecule has 0 aliphatic heterocycles. The van der Waals surface area contributed by atoms with E-state index >= 15 is 0 Å². The topological polar surface area (TPSA) is 45.3 Å². The smallest absolute Gasteiger partial charge is 0.166 e. The van der Waals surface area contributed by atoms with Crippen LogP contribution in [0.1, 0.15) is 109 Å². The van der Waals surface area contributed by atoms with Crippen LogP contribution < -0.4 is 0 Å². The normalized spacial score (nSPS) is 24.5. The molecule has 14 rings (SSSR count). The summed E-state index contributed by atoms with van der Waals surface area (Å²) in [4.78, 5) is 14.1. The summed E-state index contributed by atoms with van der Waals surface area (Å²) < 4.78 is 2.44. The van der Waals surface area contributed by atoms with E-state index in [4.69, 9.17) is 0 Å². The van der Waals surface area contributed by atoms with Crippen molar-refractivity contribution in [1.82, 2.24) is 4.40 Å². The lowest BCUT2D eigenvalue weighted by atomic mass is 9.42. The van der Waals surface area contributed by atoms with Gasteiger partial charge in [-0.1, -0.05) is 66.7 Å². The van der Waals surface area contributed by atoms with Gasteiger partial charge >= 0.3 is 0 Å². The van der Waals surface area contributed by atoms with Gasteiger partial charge in [-0.05, 0) is 137 Å². The highest BCUT2D eigenvalue weighted by Gasteiger charge is 2.70. The summed E-state index contributed by atoms with van der Waals surface area (Å²) in [5, 5.41) is 16.0. The molecule has 0 N–H and O–H groups in total. The Kier molecular flexibility index (Phi) is 4.84. The van der Waals surface area contributed by atoms with Crippen LogP contribution in [0.2, 0.25) is 0 Å². The number of rotatable bonds is 1. The third-order valence-electron chi connectivity index (χ3n) is 14.5. The summed E-state index contributed by atoms with van der Waals surface area (Å²) in [6, 6.07) is 39.1. The third kappa shape index (κ3) is 2.86. The minimum atomic E-state index is -0.195. The summed E-state index contributed by atoms with van der Waals surface area (Å²) in [5.41, 5.74) is 19.5. The zero-order valence-electron chi connectivity index (χ0n) is 29.2. The Labute approximate surface area is 301 Å². The molecule has 52 heavy (non-hydrogen) atoms. The van der Waals surface area contributed by atoms with Crippen molar-refractivity contribution in [1.29, 1.82) is 5.26 Å². The number of carbonyl (C=O) groups excluding carboxylic acids is 1. The molecule has 2 aromatic heterocycles. The summed E-state index contributed by atoms with van der Waals surface area (Å²) >= 11 is 0. The van der Waals surface area contributed by atoms with Crippen LogP contribution in [0, 0.1) is 31.1 Å². The second-order valence-corrected chi connectivity index (χ2v) is 16.6. The molecule has 8 aromatic rings. The summed E-state index contributed by atoms with van der Waals surface area (Å²) in [6.45, 7) is 4.46. The Balaban J connectivity index is 1.24. The Morgan fingerprint density at radius 3 is 2.15 bits per heavy atom. The van der Waals surface area contributed by atoms with Crippen molar-refractivity contribution in [3.63, 3.8) is 0 Å². The average Bonchev–Trinajstić information content (AvgIpc) is 3.65. The van der Waals surface area contributed by atoms with E-state index in [9.17, 15) is 10.1 Å². The lowest BCUT2D eigenvalue weighted by Gasteiger charge is -2.59. The van der Waals surface area contributed by atoms with E-state index in [0.717, 1.165) is 47.8 Å². The molecule has 3 atom stereocenters. The fraction of sp³-hybridized carbons (Fsp3) is 0.224. The molecule has 6 aliphatic rings. The number of hydrogen-bond donors (Lipinski definition) is 0. The fourth-order valence-corrected chi connectivity index (χ4v) is 12.6. The monoisotopic (exact) mass is 666 g/mol. The minimum Gasteiger partial charge on any atom is -0.308 e. The summed E-state index contributed by atoms with van der Waals surface area (Å²) in [5.74, 6) is 1.35. The predicted molar refractivity (Wildman–Crippen MR) is 207 cm³/mol. The maximum atomic E-state index is 14.1. The van der Waals surface area contributed by atoms with E-state index in [1.54, 1.807) is 0 Å². The van der Waals surface area contributed by atoms with Crippen LogP contribution in [0.5, 0.6) is 0 Å². The molecule has 0 amide bonds. The van der Waals surface area contributed by atoms with Gasteiger partial charge in [-0.2, -0.15) is 5.26 Å². The van der Waals surface area contributed by atoms with Crippen molar-refractivity contribution in [2.75, 3.05) is 0 Å². The van der Waals surface area contributed by atoms with Gasteiger partial charge in [0.1, 0.15) is 0 Å². The Bertz CT molecular complexity index is 3030. The number of carbonyl (C=O) groups is 1. The highest BCUT2D eigenvalue weighted by atomic mass is 16.1. The van der Waals surface area contributed by atoms with Crippen LogP contribution in [0.15, 0.2) is 97.1 Å². The molecule has 6 aromatic carbocycles. The van der Waals surface area contributed by atoms with Crippen molar-refractivity contribution >= 4 is 43.9 Å². The van der Waals surface area contributed by atoms with Crippen molar-refractivity contribution in [3.8, 4) is 17.2 Å². The molecule has 2 bridgehead atoms. The molecule has 0 radical (unpaired) electrons. The standard InChI is InChI=1S/C49H34N2O/c1-24-8-7-9-25(2)41(24)28-18-35-34-21-33-26-14-16-27(17-15-26)48(52)36(33)22-39(34)51-40-20-29(23-50)42-45-31-11-4-3-10-30(31)44-32-12-5-6-13-38(32)49(44,45)46(42)43(40)37(19-28)47(35)51/h3-13,18-22,26-27,44-45H,14-17H2,1-2H3. The van der Waals surface area contributed by atoms with Crippen LogP contribution in [-0.4, -0.2) is 10.2 Å². The van der Waals surface area contributed by atoms with E-state index in [2.05, 4.69) is 121 Å². The summed E-state index contributed by atoms with van der Waals surface area (Å²) in [6.07, 6.45) is 4.19. The predicted octanol–water partition coefficient (Wildman–Crippen LogP) is 11.4. The molecular weight excluding hydrogens is 633 g/mol. The second-order valence-electron chi connectivity index (χ2n) is 16.6. The van der Waals surface area contributed by atoms with Gasteiger partial charge in [-0.15, -0.1) is 0 Å². The van der Waals surface area contributed by atoms with Gasteiger partial charge in [0.05, 0.1) is 28.2 Å². The van der Waals surface area contributed by atoms with E-state index in [1.165, 1.54) is 88.3 Å². The maximum absolute atomic E-state index is 14.1. The second kappa shape index (κ2) is 9.01. The number of nitriles is 1. The largest absolute Gasteiger partial charge is 0.308 e. The van der Waals surface area contributed by atoms with Gasteiger partial charge in [0, 0.05) is 50.3 Å². The molecule has 246 valence electrons. The lowest BCUT2D eigenvalue weighted by Crippen LogP contribution is -2.53. The van der Waals surface area contributed by atoms with Crippen molar-refractivity contribution < 1.29 is 4.79 Å². The van der Waals surface area contributed by atoms with Gasteiger partial charge in [0.2, 0.25) is 0 Å². The molecular formula is C49H34N2O. The number of nitrogens with zero attached hydrogens (tertiary/aromatic N) is 2. The number of hydrogen-bond acceptors (Lipinski definition) is 2. The Morgan fingerprint density at radius 1 is 0.692 bits per heavy atom. The van der Waals surface area contributed by atoms with Crippen LogP contribution in [0.3, 0.4) is 0 Å². The van der Waals surface area contributed by atoms with Gasteiger partial charge in [0.15, 0.2) is 5.78 Å². The highest BCUT2D eigenvalue weighted by molar-refractivity contribution is 6.27. The molecule has 3 heteroatoms. The van der Waals surface area contributed by atoms with E-state index in [0.29, 0.717) is 11.7 Å². The number of benzene rings is 6. The number of aromatic nitrogens is 1. The van der Waals surface area contributed by atoms with Crippen molar-refractivity contribution in [3.05, 3.63) is 158 Å². The Hall–Kier alpha value is -5.72.